The van der Waals surface area contributed by atoms with Crippen LogP contribution in [0.5, 0.6) is 11.5 Å². The molecule has 7 nitrogen and oxygen atoms in total. The van der Waals surface area contributed by atoms with Crippen LogP contribution in [0.2, 0.25) is 0 Å². The van der Waals surface area contributed by atoms with Crippen molar-refractivity contribution in [2.45, 2.75) is 19.8 Å². The summed E-state index contributed by atoms with van der Waals surface area (Å²) < 4.78 is 16.2. The van der Waals surface area contributed by atoms with E-state index in [-0.39, 0.29) is 5.91 Å². The maximum Gasteiger partial charge on any atom is 0.253 e. The van der Waals surface area contributed by atoms with Crippen molar-refractivity contribution in [2.75, 3.05) is 27.3 Å². The topological polar surface area (TPSA) is 77.7 Å². The smallest absolute Gasteiger partial charge is 0.253 e. The summed E-state index contributed by atoms with van der Waals surface area (Å²) >= 11 is 0. The second-order valence-electron chi connectivity index (χ2n) is 8.23. The zero-order valence-corrected chi connectivity index (χ0v) is 20.2. The number of hydrogen-bond acceptors (Lipinski definition) is 6. The first kappa shape index (κ1) is 24.0. The minimum Gasteiger partial charge on any atom is -0.493 e. The molecule has 4 aromatic rings. The molecule has 1 heterocycles. The summed E-state index contributed by atoms with van der Waals surface area (Å²) in [5.74, 6) is 2.13. The van der Waals surface area contributed by atoms with Gasteiger partial charge in [-0.25, -0.2) is 0 Å². The lowest BCUT2D eigenvalue weighted by molar-refractivity contribution is 0.0756. The standard InChI is InChI=1S/C28H29N3O4/c1-20-9-11-22(12-10-20)28(32)31(17-15-21-7-5-4-6-8-21)18-16-26-29-27(30-35-26)23-13-14-24(33-2)25(19-23)34-3/h4-14,19H,15-18H2,1-3H3. The van der Waals surface area contributed by atoms with E-state index in [9.17, 15) is 4.79 Å². The van der Waals surface area contributed by atoms with Crippen molar-refractivity contribution in [3.8, 4) is 22.9 Å². The molecule has 7 heteroatoms. The van der Waals surface area contributed by atoms with E-state index >= 15 is 0 Å². The highest BCUT2D eigenvalue weighted by Crippen LogP contribution is 2.31. The number of ether oxygens (including phenoxy) is 2. The molecule has 1 amide bonds. The highest BCUT2D eigenvalue weighted by molar-refractivity contribution is 5.94. The van der Waals surface area contributed by atoms with E-state index in [1.165, 1.54) is 5.56 Å². The molecular weight excluding hydrogens is 442 g/mol. The number of aromatic nitrogens is 2. The van der Waals surface area contributed by atoms with Crippen LogP contribution in [0.1, 0.15) is 27.4 Å². The Morgan fingerprint density at radius 1 is 0.886 bits per heavy atom. The predicted octanol–water partition coefficient (Wildman–Crippen LogP) is 4.99. The summed E-state index contributed by atoms with van der Waals surface area (Å²) in [5, 5.41) is 4.12. The molecule has 0 fully saturated rings. The molecule has 0 aliphatic heterocycles. The molecular formula is C28H29N3O4. The van der Waals surface area contributed by atoms with Crippen LogP contribution in [0.4, 0.5) is 0 Å². The lowest BCUT2D eigenvalue weighted by Gasteiger charge is -2.22. The molecule has 3 aromatic carbocycles. The SMILES string of the molecule is COc1ccc(-c2noc(CCN(CCc3ccccc3)C(=O)c3ccc(C)cc3)n2)cc1OC. The van der Waals surface area contributed by atoms with Crippen LogP contribution in [0.3, 0.4) is 0 Å². The van der Waals surface area contributed by atoms with Crippen molar-refractivity contribution in [1.82, 2.24) is 15.0 Å². The largest absolute Gasteiger partial charge is 0.493 e. The van der Waals surface area contributed by atoms with Gasteiger partial charge in [-0.05, 0) is 49.2 Å². The van der Waals surface area contributed by atoms with E-state index in [1.54, 1.807) is 26.4 Å². The summed E-state index contributed by atoms with van der Waals surface area (Å²) in [5.41, 5.74) is 3.73. The van der Waals surface area contributed by atoms with Gasteiger partial charge in [0, 0.05) is 30.6 Å². The van der Waals surface area contributed by atoms with Crippen molar-refractivity contribution < 1.29 is 18.8 Å². The van der Waals surface area contributed by atoms with Crippen LogP contribution in [0, 0.1) is 6.92 Å². The first-order valence-electron chi connectivity index (χ1n) is 11.5. The lowest BCUT2D eigenvalue weighted by Crippen LogP contribution is -2.34. The molecule has 0 radical (unpaired) electrons. The van der Waals surface area contributed by atoms with Crippen LogP contribution in [0.25, 0.3) is 11.4 Å². The number of benzene rings is 3. The zero-order chi connectivity index (χ0) is 24.6. The number of hydrogen-bond donors (Lipinski definition) is 0. The van der Waals surface area contributed by atoms with Crippen LogP contribution in [-0.2, 0) is 12.8 Å². The zero-order valence-electron chi connectivity index (χ0n) is 20.2. The van der Waals surface area contributed by atoms with Crippen LogP contribution < -0.4 is 9.47 Å². The molecule has 0 saturated carbocycles. The van der Waals surface area contributed by atoms with Gasteiger partial charge in [0.05, 0.1) is 14.2 Å². The molecule has 180 valence electrons. The van der Waals surface area contributed by atoms with Gasteiger partial charge in [-0.1, -0.05) is 53.2 Å². The molecule has 0 spiro atoms. The van der Waals surface area contributed by atoms with Gasteiger partial charge in [0.1, 0.15) is 0 Å². The van der Waals surface area contributed by atoms with Gasteiger partial charge < -0.3 is 18.9 Å². The van der Waals surface area contributed by atoms with Crippen molar-refractivity contribution in [1.29, 1.82) is 0 Å². The first-order valence-corrected chi connectivity index (χ1v) is 11.5. The Labute approximate surface area is 205 Å². The number of aryl methyl sites for hydroxylation is 1. The normalized spacial score (nSPS) is 10.7. The number of methoxy groups -OCH3 is 2. The van der Waals surface area contributed by atoms with Crippen molar-refractivity contribution in [2.24, 2.45) is 0 Å². The second-order valence-corrected chi connectivity index (χ2v) is 8.23. The van der Waals surface area contributed by atoms with Crippen molar-refractivity contribution in [3.05, 3.63) is 95.4 Å². The molecule has 4 rings (SSSR count). The van der Waals surface area contributed by atoms with Gasteiger partial charge in [-0.3, -0.25) is 4.79 Å². The summed E-state index contributed by atoms with van der Waals surface area (Å²) in [4.78, 5) is 19.7. The summed E-state index contributed by atoms with van der Waals surface area (Å²) in [6.45, 7) is 3.06. The molecule has 0 unspecified atom stereocenters. The minimum absolute atomic E-state index is 0.0134. The summed E-state index contributed by atoms with van der Waals surface area (Å²) in [6.07, 6.45) is 1.21. The van der Waals surface area contributed by atoms with Gasteiger partial charge >= 0.3 is 0 Å². The number of nitrogens with zero attached hydrogens (tertiary/aromatic N) is 3. The molecule has 0 atom stereocenters. The third-order valence-electron chi connectivity index (χ3n) is 5.80. The van der Waals surface area contributed by atoms with Crippen LogP contribution in [-0.4, -0.2) is 48.3 Å². The van der Waals surface area contributed by atoms with Crippen LogP contribution >= 0.6 is 0 Å². The molecule has 1 aromatic heterocycles. The highest BCUT2D eigenvalue weighted by atomic mass is 16.5. The molecule has 0 aliphatic carbocycles. The van der Waals surface area contributed by atoms with Gasteiger partial charge in [0.15, 0.2) is 11.5 Å². The molecule has 35 heavy (non-hydrogen) atoms. The van der Waals surface area contributed by atoms with E-state index in [2.05, 4.69) is 22.3 Å². The Balaban J connectivity index is 1.47. The molecule has 0 N–H and O–H groups in total. The number of carbonyl (C=O) groups is 1. The first-order chi connectivity index (χ1) is 17.1. The lowest BCUT2D eigenvalue weighted by atomic mass is 10.1. The fraction of sp³-hybridized carbons (Fsp3) is 0.250. The Morgan fingerprint density at radius 2 is 1.60 bits per heavy atom. The maximum absolute atomic E-state index is 13.3. The maximum atomic E-state index is 13.3. The highest BCUT2D eigenvalue weighted by Gasteiger charge is 2.18. The second kappa shape index (κ2) is 11.3. The molecule has 0 bridgehead atoms. The fourth-order valence-corrected chi connectivity index (χ4v) is 3.78. The Kier molecular flexibility index (Phi) is 7.77. The Hall–Kier alpha value is -4.13. The van der Waals surface area contributed by atoms with E-state index in [0.717, 1.165) is 17.5 Å². The summed E-state index contributed by atoms with van der Waals surface area (Å²) in [6, 6.07) is 23.3. The third-order valence-corrected chi connectivity index (χ3v) is 5.80. The van der Waals surface area contributed by atoms with Gasteiger partial charge in [0.2, 0.25) is 11.7 Å². The number of rotatable bonds is 10. The van der Waals surface area contributed by atoms with Crippen molar-refractivity contribution >= 4 is 5.91 Å². The number of amides is 1. The Bertz CT molecular complexity index is 1250. The Morgan fingerprint density at radius 3 is 2.31 bits per heavy atom. The minimum atomic E-state index is -0.0134. The van der Waals surface area contributed by atoms with E-state index in [1.807, 2.05) is 60.4 Å². The monoisotopic (exact) mass is 471 g/mol. The fourth-order valence-electron chi connectivity index (χ4n) is 3.78. The average Bonchev–Trinajstić information content (AvgIpc) is 3.38. The quantitative estimate of drug-likeness (QED) is 0.324. The van der Waals surface area contributed by atoms with Gasteiger partial charge in [-0.2, -0.15) is 4.98 Å². The predicted molar refractivity (Wildman–Crippen MR) is 134 cm³/mol. The summed E-state index contributed by atoms with van der Waals surface area (Å²) in [7, 11) is 3.17. The number of carbonyl (C=O) groups excluding carboxylic acids is 1. The third kappa shape index (κ3) is 6.06. The molecule has 0 aliphatic rings. The van der Waals surface area contributed by atoms with Crippen molar-refractivity contribution in [3.63, 3.8) is 0 Å². The van der Waals surface area contributed by atoms with E-state index < -0.39 is 0 Å². The van der Waals surface area contributed by atoms with Gasteiger partial charge in [0.25, 0.3) is 5.91 Å². The van der Waals surface area contributed by atoms with E-state index in [4.69, 9.17) is 14.0 Å². The van der Waals surface area contributed by atoms with E-state index in [0.29, 0.717) is 48.3 Å². The van der Waals surface area contributed by atoms with Crippen LogP contribution in [0.15, 0.2) is 77.3 Å². The average molecular weight is 472 g/mol. The molecule has 0 saturated heterocycles. The van der Waals surface area contributed by atoms with Gasteiger partial charge in [-0.15, -0.1) is 0 Å².